The number of nitrogens with two attached hydrogens (primary N) is 1. The second-order valence-electron chi connectivity index (χ2n) is 4.00. The lowest BCUT2D eigenvalue weighted by Crippen LogP contribution is -2.17. The van der Waals surface area contributed by atoms with Crippen molar-refractivity contribution < 1.29 is 4.39 Å². The molecule has 19 heavy (non-hydrogen) atoms. The van der Waals surface area contributed by atoms with Crippen molar-refractivity contribution in [3.8, 4) is 0 Å². The van der Waals surface area contributed by atoms with Crippen LogP contribution in [0.2, 0.25) is 0 Å². The first-order valence-electron chi connectivity index (χ1n) is 5.84. The van der Waals surface area contributed by atoms with Gasteiger partial charge in [0.15, 0.2) is 5.16 Å². The second-order valence-corrected chi connectivity index (χ2v) is 4.96. The minimum atomic E-state index is -0.258. The van der Waals surface area contributed by atoms with Gasteiger partial charge in [0.05, 0.1) is 0 Å². The van der Waals surface area contributed by atoms with Crippen molar-refractivity contribution in [1.82, 2.24) is 9.97 Å². The molecule has 3 N–H and O–H groups in total. The molecule has 2 rings (SSSR count). The Bertz CT molecular complexity index is 598. The van der Waals surface area contributed by atoms with Gasteiger partial charge in [0.1, 0.15) is 5.82 Å². The van der Waals surface area contributed by atoms with Crippen molar-refractivity contribution in [3.63, 3.8) is 0 Å². The van der Waals surface area contributed by atoms with Gasteiger partial charge in [-0.05, 0) is 30.7 Å². The number of benzene rings is 1. The molecule has 0 aliphatic heterocycles. The fourth-order valence-electron chi connectivity index (χ4n) is 1.54. The molecule has 0 bridgehead atoms. The SMILES string of the molecule is NCCc1cnc(SCc2ccc(F)cc2)[nH]c1=O. The van der Waals surface area contributed by atoms with E-state index in [2.05, 4.69) is 9.97 Å². The number of thioether (sulfide) groups is 1. The number of H-pyrrole nitrogens is 1. The van der Waals surface area contributed by atoms with Gasteiger partial charge in [-0.3, -0.25) is 4.79 Å². The molecule has 0 fully saturated rings. The molecule has 0 atom stereocenters. The zero-order valence-corrected chi connectivity index (χ0v) is 11.0. The Hall–Kier alpha value is -1.66. The molecule has 6 heteroatoms. The molecule has 0 saturated carbocycles. The second kappa shape index (κ2) is 6.49. The van der Waals surface area contributed by atoms with E-state index in [1.54, 1.807) is 18.3 Å². The third-order valence-corrected chi connectivity index (χ3v) is 3.51. The zero-order chi connectivity index (χ0) is 13.7. The molecular formula is C13H14FN3OS. The number of nitrogens with one attached hydrogen (secondary N) is 1. The highest BCUT2D eigenvalue weighted by Crippen LogP contribution is 2.18. The lowest BCUT2D eigenvalue weighted by atomic mass is 10.2. The topological polar surface area (TPSA) is 71.8 Å². The molecule has 0 unspecified atom stereocenters. The van der Waals surface area contributed by atoms with Gasteiger partial charge >= 0.3 is 0 Å². The smallest absolute Gasteiger partial charge is 0.254 e. The fraction of sp³-hybridized carbons (Fsp3) is 0.231. The number of aromatic nitrogens is 2. The van der Waals surface area contributed by atoms with Gasteiger partial charge < -0.3 is 10.7 Å². The Morgan fingerprint density at radius 1 is 1.32 bits per heavy atom. The van der Waals surface area contributed by atoms with E-state index in [9.17, 15) is 9.18 Å². The van der Waals surface area contributed by atoms with Crippen LogP contribution in [-0.4, -0.2) is 16.5 Å². The molecule has 1 aromatic heterocycles. The average molecular weight is 279 g/mol. The first kappa shape index (κ1) is 13.8. The normalized spacial score (nSPS) is 10.6. The summed E-state index contributed by atoms with van der Waals surface area (Å²) in [6, 6.07) is 6.25. The number of hydrogen-bond donors (Lipinski definition) is 2. The number of rotatable bonds is 5. The van der Waals surface area contributed by atoms with Crippen molar-refractivity contribution >= 4 is 11.8 Å². The van der Waals surface area contributed by atoms with Crippen LogP contribution in [-0.2, 0) is 12.2 Å². The van der Waals surface area contributed by atoms with Gasteiger partial charge in [0.2, 0.25) is 0 Å². The monoisotopic (exact) mass is 279 g/mol. The van der Waals surface area contributed by atoms with Gasteiger partial charge in [-0.25, -0.2) is 9.37 Å². The Labute approximate surface area is 114 Å². The van der Waals surface area contributed by atoms with E-state index in [4.69, 9.17) is 5.73 Å². The summed E-state index contributed by atoms with van der Waals surface area (Å²) in [6.07, 6.45) is 2.07. The van der Waals surface area contributed by atoms with E-state index < -0.39 is 0 Å². The molecule has 0 amide bonds. The first-order valence-corrected chi connectivity index (χ1v) is 6.83. The maximum atomic E-state index is 12.7. The van der Waals surface area contributed by atoms with Crippen LogP contribution >= 0.6 is 11.8 Å². The van der Waals surface area contributed by atoms with Crippen LogP contribution in [0.5, 0.6) is 0 Å². The van der Waals surface area contributed by atoms with Gasteiger partial charge in [-0.15, -0.1) is 0 Å². The summed E-state index contributed by atoms with van der Waals surface area (Å²) in [5.41, 5.74) is 6.81. The van der Waals surface area contributed by atoms with E-state index in [-0.39, 0.29) is 11.4 Å². The van der Waals surface area contributed by atoms with E-state index >= 15 is 0 Å². The maximum Gasteiger partial charge on any atom is 0.254 e. The number of hydrogen-bond acceptors (Lipinski definition) is 4. The molecule has 0 aliphatic carbocycles. The first-order chi connectivity index (χ1) is 9.19. The Morgan fingerprint density at radius 2 is 2.05 bits per heavy atom. The average Bonchev–Trinajstić information content (AvgIpc) is 2.41. The summed E-state index contributed by atoms with van der Waals surface area (Å²) in [5, 5.41) is 0.551. The lowest BCUT2D eigenvalue weighted by molar-refractivity contribution is 0.627. The van der Waals surface area contributed by atoms with Crippen molar-refractivity contribution in [3.05, 3.63) is 57.8 Å². The van der Waals surface area contributed by atoms with Crippen molar-refractivity contribution in [2.24, 2.45) is 5.73 Å². The molecule has 4 nitrogen and oxygen atoms in total. The van der Waals surface area contributed by atoms with Crippen LogP contribution in [0, 0.1) is 5.82 Å². The maximum absolute atomic E-state index is 12.7. The molecule has 0 radical (unpaired) electrons. The minimum Gasteiger partial charge on any atom is -0.330 e. The Kier molecular flexibility index (Phi) is 4.70. The van der Waals surface area contributed by atoms with Crippen molar-refractivity contribution in [2.45, 2.75) is 17.3 Å². The van der Waals surface area contributed by atoms with Crippen molar-refractivity contribution in [2.75, 3.05) is 6.54 Å². The standard InChI is InChI=1S/C13H14FN3OS/c14-11-3-1-9(2-4-11)8-19-13-16-7-10(5-6-15)12(18)17-13/h1-4,7H,5-6,8,15H2,(H,16,17,18). The van der Waals surface area contributed by atoms with Gasteiger partial charge in [-0.2, -0.15) is 0 Å². The highest BCUT2D eigenvalue weighted by Gasteiger charge is 2.03. The fourth-order valence-corrected chi connectivity index (χ4v) is 2.33. The minimum absolute atomic E-state index is 0.151. The molecular weight excluding hydrogens is 265 g/mol. The van der Waals surface area contributed by atoms with E-state index in [0.717, 1.165) is 5.56 Å². The molecule has 100 valence electrons. The molecule has 0 spiro atoms. The van der Waals surface area contributed by atoms with Crippen LogP contribution in [0.25, 0.3) is 0 Å². The Balaban J connectivity index is 2.02. The summed E-state index contributed by atoms with van der Waals surface area (Å²) < 4.78 is 12.7. The molecule has 0 saturated heterocycles. The third-order valence-electron chi connectivity index (χ3n) is 2.55. The molecule has 0 aliphatic rings. The predicted octanol–water partition coefficient (Wildman–Crippen LogP) is 1.70. The predicted molar refractivity (Wildman–Crippen MR) is 73.6 cm³/mol. The quantitative estimate of drug-likeness (QED) is 0.645. The van der Waals surface area contributed by atoms with Crippen LogP contribution in [0.1, 0.15) is 11.1 Å². The third kappa shape index (κ3) is 3.90. The van der Waals surface area contributed by atoms with Crippen LogP contribution in [0.4, 0.5) is 4.39 Å². The Morgan fingerprint density at radius 3 is 2.68 bits per heavy atom. The van der Waals surface area contributed by atoms with Gasteiger partial charge in [0, 0.05) is 17.5 Å². The highest BCUT2D eigenvalue weighted by molar-refractivity contribution is 7.98. The number of aromatic amines is 1. The van der Waals surface area contributed by atoms with E-state index in [1.807, 2.05) is 0 Å². The van der Waals surface area contributed by atoms with Crippen molar-refractivity contribution in [1.29, 1.82) is 0 Å². The lowest BCUT2D eigenvalue weighted by Gasteiger charge is -2.02. The summed E-state index contributed by atoms with van der Waals surface area (Å²) in [5.74, 6) is 0.367. The number of halogens is 1. The molecule has 2 aromatic rings. The van der Waals surface area contributed by atoms with E-state index in [1.165, 1.54) is 23.9 Å². The number of nitrogens with zero attached hydrogens (tertiary/aromatic N) is 1. The largest absolute Gasteiger partial charge is 0.330 e. The zero-order valence-electron chi connectivity index (χ0n) is 10.2. The summed E-state index contributed by atoms with van der Waals surface area (Å²) >= 11 is 1.40. The molecule has 1 heterocycles. The van der Waals surface area contributed by atoms with Gasteiger partial charge in [0.25, 0.3) is 5.56 Å². The van der Waals surface area contributed by atoms with Crippen LogP contribution in [0.15, 0.2) is 40.4 Å². The molecule has 1 aromatic carbocycles. The highest BCUT2D eigenvalue weighted by atomic mass is 32.2. The van der Waals surface area contributed by atoms with E-state index in [0.29, 0.717) is 29.4 Å². The summed E-state index contributed by atoms with van der Waals surface area (Å²) in [6.45, 7) is 0.423. The summed E-state index contributed by atoms with van der Waals surface area (Å²) in [7, 11) is 0. The van der Waals surface area contributed by atoms with Crippen LogP contribution in [0.3, 0.4) is 0 Å². The van der Waals surface area contributed by atoms with Gasteiger partial charge in [-0.1, -0.05) is 23.9 Å². The van der Waals surface area contributed by atoms with Crippen LogP contribution < -0.4 is 11.3 Å². The summed E-state index contributed by atoms with van der Waals surface area (Å²) in [4.78, 5) is 18.5.